The summed E-state index contributed by atoms with van der Waals surface area (Å²) < 4.78 is 1.01. The van der Waals surface area contributed by atoms with Gasteiger partial charge in [-0.3, -0.25) is 4.48 Å². The number of nitrogens with zero attached hydrogens (tertiary/aromatic N) is 1. The van der Waals surface area contributed by atoms with Crippen LogP contribution in [0, 0.1) is 0 Å². The average molecular weight is 418 g/mol. The third-order valence-electron chi connectivity index (χ3n) is 5.29. The van der Waals surface area contributed by atoms with Crippen LogP contribution in [0.3, 0.4) is 0 Å². The van der Waals surface area contributed by atoms with Gasteiger partial charge >= 0.3 is 0 Å². The first-order valence-corrected chi connectivity index (χ1v) is 10.3. The fourth-order valence-electron chi connectivity index (χ4n) is 3.82. The number of para-hydroxylation sites is 2. The Bertz CT molecular complexity index is 514. The first-order valence-electron chi connectivity index (χ1n) is 10.3. The SMILES string of the molecule is CCCCCC[N+](CCCCCC)(c1ccccc1)c1ccccc1.[Br-]. The molecule has 0 bridgehead atoms. The van der Waals surface area contributed by atoms with Crippen molar-refractivity contribution in [2.45, 2.75) is 65.2 Å². The molecule has 0 saturated carbocycles. The summed E-state index contributed by atoms with van der Waals surface area (Å²) in [5.41, 5.74) is 2.89. The van der Waals surface area contributed by atoms with Gasteiger partial charge < -0.3 is 17.0 Å². The lowest BCUT2D eigenvalue weighted by Crippen LogP contribution is -3.00. The minimum absolute atomic E-state index is 0. The molecule has 2 rings (SSSR count). The van der Waals surface area contributed by atoms with Crippen molar-refractivity contribution in [3.8, 4) is 0 Å². The van der Waals surface area contributed by atoms with Crippen molar-refractivity contribution >= 4 is 11.4 Å². The highest BCUT2D eigenvalue weighted by molar-refractivity contribution is 5.58. The topological polar surface area (TPSA) is 0 Å². The second kappa shape index (κ2) is 13.1. The van der Waals surface area contributed by atoms with Crippen LogP contribution in [-0.2, 0) is 0 Å². The van der Waals surface area contributed by atoms with Gasteiger partial charge in [-0.05, 0) is 49.9 Å². The van der Waals surface area contributed by atoms with E-state index >= 15 is 0 Å². The lowest BCUT2D eigenvalue weighted by Gasteiger charge is -2.38. The van der Waals surface area contributed by atoms with Crippen molar-refractivity contribution in [1.29, 1.82) is 0 Å². The van der Waals surface area contributed by atoms with Gasteiger partial charge in [-0.1, -0.05) is 75.9 Å². The first kappa shape index (κ1) is 22.9. The molecule has 0 spiro atoms. The molecule has 0 saturated heterocycles. The molecule has 0 radical (unpaired) electrons. The van der Waals surface area contributed by atoms with Crippen molar-refractivity contribution in [1.82, 2.24) is 4.48 Å². The third kappa shape index (κ3) is 6.55. The number of rotatable bonds is 12. The summed E-state index contributed by atoms with van der Waals surface area (Å²) in [5, 5.41) is 0. The molecule has 0 aliphatic rings. The highest BCUT2D eigenvalue weighted by atomic mass is 79.9. The molecule has 0 heterocycles. The van der Waals surface area contributed by atoms with Gasteiger partial charge in [-0.2, -0.15) is 0 Å². The monoisotopic (exact) mass is 417 g/mol. The number of benzene rings is 2. The smallest absolute Gasteiger partial charge is 0.137 e. The normalized spacial score (nSPS) is 11.2. The van der Waals surface area contributed by atoms with E-state index in [1.165, 1.54) is 75.8 Å². The molecule has 2 aromatic rings. The van der Waals surface area contributed by atoms with Gasteiger partial charge in [0.2, 0.25) is 0 Å². The predicted molar refractivity (Wildman–Crippen MR) is 112 cm³/mol. The van der Waals surface area contributed by atoms with Crippen molar-refractivity contribution in [3.05, 3.63) is 60.7 Å². The highest BCUT2D eigenvalue weighted by Gasteiger charge is 2.32. The molecule has 0 aliphatic carbocycles. The first-order chi connectivity index (χ1) is 12.3. The van der Waals surface area contributed by atoms with Crippen molar-refractivity contribution < 1.29 is 17.0 Å². The molecule has 0 aromatic heterocycles. The lowest BCUT2D eigenvalue weighted by molar-refractivity contribution is -0.00000526. The van der Waals surface area contributed by atoms with E-state index in [9.17, 15) is 0 Å². The maximum absolute atomic E-state index is 2.33. The zero-order valence-corrected chi connectivity index (χ0v) is 18.3. The molecule has 1 nitrogen and oxygen atoms in total. The molecule has 0 N–H and O–H groups in total. The molecular weight excluding hydrogens is 382 g/mol. The van der Waals surface area contributed by atoms with Crippen LogP contribution >= 0.6 is 0 Å². The van der Waals surface area contributed by atoms with Gasteiger partial charge in [-0.25, -0.2) is 0 Å². The fraction of sp³-hybridized carbons (Fsp3) is 0.500. The standard InChI is InChI=1S/C24H36N.BrH/c1-3-5-7-15-21-25(22-16-8-6-4-2,23-17-11-9-12-18-23)24-19-13-10-14-20-24;/h9-14,17-20H,3-8,15-16,21-22H2,1-2H3;1H/q+1;/p-1. The Morgan fingerprint density at radius 2 is 0.923 bits per heavy atom. The van der Waals surface area contributed by atoms with E-state index in [1.54, 1.807) is 0 Å². The van der Waals surface area contributed by atoms with Gasteiger partial charge in [0, 0.05) is 0 Å². The molecule has 26 heavy (non-hydrogen) atoms. The van der Waals surface area contributed by atoms with Crippen LogP contribution in [-0.4, -0.2) is 13.1 Å². The summed E-state index contributed by atoms with van der Waals surface area (Å²) in [6, 6.07) is 22.4. The van der Waals surface area contributed by atoms with E-state index in [-0.39, 0.29) is 17.0 Å². The fourth-order valence-corrected chi connectivity index (χ4v) is 3.82. The third-order valence-corrected chi connectivity index (χ3v) is 5.29. The Morgan fingerprint density at radius 3 is 1.27 bits per heavy atom. The Morgan fingerprint density at radius 1 is 0.538 bits per heavy atom. The van der Waals surface area contributed by atoms with Crippen LogP contribution in [0.15, 0.2) is 60.7 Å². The van der Waals surface area contributed by atoms with E-state index in [0.717, 1.165) is 4.48 Å². The summed E-state index contributed by atoms with van der Waals surface area (Å²) in [4.78, 5) is 0. The van der Waals surface area contributed by atoms with Crippen LogP contribution in [0.1, 0.15) is 65.2 Å². The van der Waals surface area contributed by atoms with Crippen LogP contribution in [0.25, 0.3) is 0 Å². The second-order valence-electron chi connectivity index (χ2n) is 7.21. The Hall–Kier alpha value is -1.12. The molecular formula is C24H36BrN. The summed E-state index contributed by atoms with van der Waals surface area (Å²) in [5.74, 6) is 0. The minimum atomic E-state index is 0. The Kier molecular flexibility index (Phi) is 11.6. The van der Waals surface area contributed by atoms with Crippen LogP contribution in [0.4, 0.5) is 11.4 Å². The Labute approximate surface area is 171 Å². The van der Waals surface area contributed by atoms with Crippen molar-refractivity contribution in [3.63, 3.8) is 0 Å². The van der Waals surface area contributed by atoms with Gasteiger partial charge in [0.15, 0.2) is 0 Å². The quantitative estimate of drug-likeness (QED) is 0.352. The van der Waals surface area contributed by atoms with Crippen LogP contribution < -0.4 is 21.5 Å². The van der Waals surface area contributed by atoms with Gasteiger partial charge in [0.1, 0.15) is 11.4 Å². The molecule has 2 aromatic carbocycles. The number of unbranched alkanes of at least 4 members (excludes halogenated alkanes) is 6. The zero-order valence-electron chi connectivity index (χ0n) is 16.7. The largest absolute Gasteiger partial charge is 1.00 e. The van der Waals surface area contributed by atoms with Crippen molar-refractivity contribution in [2.75, 3.05) is 13.1 Å². The van der Waals surface area contributed by atoms with E-state index < -0.39 is 0 Å². The average Bonchev–Trinajstić information content (AvgIpc) is 2.68. The van der Waals surface area contributed by atoms with E-state index in [0.29, 0.717) is 0 Å². The summed E-state index contributed by atoms with van der Waals surface area (Å²) in [6.07, 6.45) is 10.6. The van der Waals surface area contributed by atoms with Crippen LogP contribution in [0.2, 0.25) is 0 Å². The van der Waals surface area contributed by atoms with Gasteiger partial charge in [0.05, 0.1) is 13.1 Å². The minimum Gasteiger partial charge on any atom is -1.00 e. The summed E-state index contributed by atoms with van der Waals surface area (Å²) in [6.45, 7) is 7.00. The maximum atomic E-state index is 2.33. The lowest BCUT2D eigenvalue weighted by atomic mass is 10.1. The number of hydrogen-bond donors (Lipinski definition) is 0. The van der Waals surface area contributed by atoms with Crippen LogP contribution in [0.5, 0.6) is 0 Å². The molecule has 0 aliphatic heterocycles. The summed E-state index contributed by atoms with van der Waals surface area (Å²) >= 11 is 0. The molecule has 0 atom stereocenters. The molecule has 144 valence electrons. The molecule has 0 amide bonds. The van der Waals surface area contributed by atoms with Gasteiger partial charge in [-0.15, -0.1) is 0 Å². The number of quaternary nitrogens is 1. The van der Waals surface area contributed by atoms with Gasteiger partial charge in [0.25, 0.3) is 0 Å². The van der Waals surface area contributed by atoms with E-state index in [1.807, 2.05) is 0 Å². The zero-order chi connectivity index (χ0) is 17.8. The second-order valence-corrected chi connectivity index (χ2v) is 7.21. The Balaban J connectivity index is 0.00000338. The predicted octanol–water partition coefficient (Wildman–Crippen LogP) is 4.49. The number of hydrogen-bond acceptors (Lipinski definition) is 0. The molecule has 2 heteroatoms. The highest BCUT2D eigenvalue weighted by Crippen LogP contribution is 2.36. The van der Waals surface area contributed by atoms with E-state index in [4.69, 9.17) is 0 Å². The van der Waals surface area contributed by atoms with E-state index in [2.05, 4.69) is 74.5 Å². The summed E-state index contributed by atoms with van der Waals surface area (Å²) in [7, 11) is 0. The molecule has 0 unspecified atom stereocenters. The molecule has 0 fully saturated rings. The number of halogens is 1. The van der Waals surface area contributed by atoms with Crippen molar-refractivity contribution in [2.24, 2.45) is 0 Å². The maximum Gasteiger partial charge on any atom is 0.137 e.